The Morgan fingerprint density at radius 3 is 2.96 bits per heavy atom. The number of hydrogen-bond acceptors (Lipinski definition) is 4. The third kappa shape index (κ3) is 3.79. The van der Waals surface area contributed by atoms with Gasteiger partial charge in [-0.2, -0.15) is 0 Å². The number of nitrogens with one attached hydrogen (secondary N) is 1. The first-order valence-electron chi connectivity index (χ1n) is 9.15. The highest BCUT2D eigenvalue weighted by atomic mass is 32.1. The third-order valence-corrected chi connectivity index (χ3v) is 6.00. The number of piperidine rings is 1. The molecule has 134 valence electrons. The molecule has 2 aromatic carbocycles. The van der Waals surface area contributed by atoms with Crippen LogP contribution in [0.2, 0.25) is 0 Å². The van der Waals surface area contributed by atoms with Crippen molar-refractivity contribution in [2.75, 3.05) is 18.4 Å². The van der Waals surface area contributed by atoms with E-state index >= 15 is 0 Å². The predicted octanol–water partition coefficient (Wildman–Crippen LogP) is 4.77. The fourth-order valence-corrected chi connectivity index (χ4v) is 4.74. The average Bonchev–Trinajstić information content (AvgIpc) is 3.06. The lowest BCUT2D eigenvalue weighted by atomic mass is 10.0. The molecule has 0 saturated carbocycles. The molecule has 1 fully saturated rings. The molecule has 5 heteroatoms. The molecule has 0 unspecified atom stereocenters. The lowest BCUT2D eigenvalue weighted by molar-refractivity contribution is -0.118. The summed E-state index contributed by atoms with van der Waals surface area (Å²) in [5.41, 5.74) is 3.07. The van der Waals surface area contributed by atoms with Crippen molar-refractivity contribution >= 4 is 33.1 Å². The zero-order chi connectivity index (χ0) is 17.9. The maximum absolute atomic E-state index is 12.6. The molecule has 1 atom stereocenters. The van der Waals surface area contributed by atoms with Crippen LogP contribution in [0, 0.1) is 6.92 Å². The standard InChI is InChI=1S/C21H23N3OS/c1-15-7-6-8-16(13-15)22-20(25)14-24-12-5-4-10-18(24)21-23-17-9-2-3-11-19(17)26-21/h2-3,6-9,11,13,18H,4-5,10,12,14H2,1H3,(H,22,25)/t18-/m0/s1. The van der Waals surface area contributed by atoms with Crippen molar-refractivity contribution < 1.29 is 4.79 Å². The van der Waals surface area contributed by atoms with E-state index in [1.807, 2.05) is 37.3 Å². The van der Waals surface area contributed by atoms with E-state index in [1.54, 1.807) is 11.3 Å². The Bertz CT molecular complexity index is 887. The number of benzene rings is 2. The Hall–Kier alpha value is -2.24. The largest absolute Gasteiger partial charge is 0.325 e. The van der Waals surface area contributed by atoms with Crippen molar-refractivity contribution in [3.8, 4) is 0 Å². The number of carbonyl (C=O) groups is 1. The first-order valence-corrected chi connectivity index (χ1v) is 9.97. The van der Waals surface area contributed by atoms with E-state index < -0.39 is 0 Å². The fourth-order valence-electron chi connectivity index (χ4n) is 3.60. The van der Waals surface area contributed by atoms with Gasteiger partial charge in [0.05, 0.1) is 22.8 Å². The highest BCUT2D eigenvalue weighted by Crippen LogP contribution is 2.35. The van der Waals surface area contributed by atoms with Crippen molar-refractivity contribution in [2.45, 2.75) is 32.2 Å². The zero-order valence-corrected chi connectivity index (χ0v) is 15.8. The monoisotopic (exact) mass is 365 g/mol. The molecule has 1 amide bonds. The number of thiazole rings is 1. The van der Waals surface area contributed by atoms with Crippen LogP contribution in [0.15, 0.2) is 48.5 Å². The number of para-hydroxylation sites is 1. The zero-order valence-electron chi connectivity index (χ0n) is 14.9. The molecule has 1 N–H and O–H groups in total. The molecule has 1 aliphatic rings. The Morgan fingerprint density at radius 1 is 1.23 bits per heavy atom. The van der Waals surface area contributed by atoms with Crippen LogP contribution in [0.5, 0.6) is 0 Å². The molecule has 1 aliphatic heterocycles. The van der Waals surface area contributed by atoms with Gasteiger partial charge in [-0.05, 0) is 56.1 Å². The highest BCUT2D eigenvalue weighted by Gasteiger charge is 2.28. The molecule has 4 rings (SSSR count). The fraction of sp³-hybridized carbons (Fsp3) is 0.333. The van der Waals surface area contributed by atoms with Gasteiger partial charge in [0.1, 0.15) is 5.01 Å². The summed E-state index contributed by atoms with van der Waals surface area (Å²) < 4.78 is 1.22. The number of hydrogen-bond donors (Lipinski definition) is 1. The van der Waals surface area contributed by atoms with Crippen molar-refractivity contribution in [2.24, 2.45) is 0 Å². The van der Waals surface area contributed by atoms with Crippen molar-refractivity contribution in [3.63, 3.8) is 0 Å². The average molecular weight is 366 g/mol. The molecule has 0 radical (unpaired) electrons. The van der Waals surface area contributed by atoms with Gasteiger partial charge in [-0.1, -0.05) is 30.7 Å². The van der Waals surface area contributed by atoms with E-state index in [1.165, 1.54) is 11.1 Å². The molecular formula is C21H23N3OS. The van der Waals surface area contributed by atoms with Gasteiger partial charge in [-0.15, -0.1) is 11.3 Å². The molecule has 26 heavy (non-hydrogen) atoms. The maximum Gasteiger partial charge on any atom is 0.238 e. The second kappa shape index (κ2) is 7.56. The molecule has 0 spiro atoms. The van der Waals surface area contributed by atoms with Gasteiger partial charge >= 0.3 is 0 Å². The van der Waals surface area contributed by atoms with Crippen LogP contribution in [0.25, 0.3) is 10.2 Å². The number of anilines is 1. The van der Waals surface area contributed by atoms with Crippen LogP contribution in [-0.2, 0) is 4.79 Å². The number of likely N-dealkylation sites (tertiary alicyclic amines) is 1. The Balaban J connectivity index is 1.49. The minimum Gasteiger partial charge on any atom is -0.325 e. The topological polar surface area (TPSA) is 45.2 Å². The minimum absolute atomic E-state index is 0.0450. The van der Waals surface area contributed by atoms with Crippen molar-refractivity contribution in [1.82, 2.24) is 9.88 Å². The lowest BCUT2D eigenvalue weighted by Crippen LogP contribution is -2.39. The summed E-state index contributed by atoms with van der Waals surface area (Å²) in [6.07, 6.45) is 3.40. The van der Waals surface area contributed by atoms with Crippen LogP contribution >= 0.6 is 11.3 Å². The van der Waals surface area contributed by atoms with Gasteiger partial charge in [-0.25, -0.2) is 4.98 Å². The van der Waals surface area contributed by atoms with Crippen LogP contribution in [0.3, 0.4) is 0 Å². The van der Waals surface area contributed by atoms with Crippen molar-refractivity contribution in [1.29, 1.82) is 0 Å². The van der Waals surface area contributed by atoms with E-state index in [4.69, 9.17) is 4.98 Å². The van der Waals surface area contributed by atoms with E-state index in [9.17, 15) is 4.79 Å². The molecular weight excluding hydrogens is 342 g/mol. The molecule has 4 nitrogen and oxygen atoms in total. The number of nitrogens with zero attached hydrogens (tertiary/aromatic N) is 2. The minimum atomic E-state index is 0.0450. The third-order valence-electron chi connectivity index (χ3n) is 4.86. The molecule has 3 aromatic rings. The number of carbonyl (C=O) groups excluding carboxylic acids is 1. The van der Waals surface area contributed by atoms with Gasteiger partial charge in [0, 0.05) is 5.69 Å². The lowest BCUT2D eigenvalue weighted by Gasteiger charge is -2.33. The number of amides is 1. The smallest absolute Gasteiger partial charge is 0.238 e. The molecule has 1 aromatic heterocycles. The summed E-state index contributed by atoms with van der Waals surface area (Å²) in [4.78, 5) is 19.7. The SMILES string of the molecule is Cc1cccc(NC(=O)CN2CCCC[C@H]2c2nc3ccccc3s2)c1. The molecule has 1 saturated heterocycles. The van der Waals surface area contributed by atoms with Gasteiger partial charge in [0.2, 0.25) is 5.91 Å². The predicted molar refractivity (Wildman–Crippen MR) is 108 cm³/mol. The number of rotatable bonds is 4. The van der Waals surface area contributed by atoms with Crippen molar-refractivity contribution in [3.05, 3.63) is 59.1 Å². The molecule has 0 bridgehead atoms. The summed E-state index contributed by atoms with van der Waals surface area (Å²) in [5, 5.41) is 4.16. The quantitative estimate of drug-likeness (QED) is 0.724. The van der Waals surface area contributed by atoms with Crippen LogP contribution in [-0.4, -0.2) is 28.9 Å². The first-order chi connectivity index (χ1) is 12.7. The molecule has 2 heterocycles. The summed E-state index contributed by atoms with van der Waals surface area (Å²) in [6.45, 7) is 3.39. The van der Waals surface area contributed by atoms with E-state index in [0.29, 0.717) is 6.54 Å². The van der Waals surface area contributed by atoms with Gasteiger partial charge < -0.3 is 5.32 Å². The second-order valence-corrected chi connectivity index (χ2v) is 7.98. The number of fused-ring (bicyclic) bond motifs is 1. The second-order valence-electron chi connectivity index (χ2n) is 6.92. The van der Waals surface area contributed by atoms with E-state index in [-0.39, 0.29) is 11.9 Å². The summed E-state index contributed by atoms with van der Waals surface area (Å²) in [6, 6.07) is 16.4. The highest BCUT2D eigenvalue weighted by molar-refractivity contribution is 7.18. The number of aryl methyl sites for hydroxylation is 1. The van der Waals surface area contributed by atoms with Crippen LogP contribution < -0.4 is 5.32 Å². The summed E-state index contributed by atoms with van der Waals surface area (Å²) in [7, 11) is 0. The summed E-state index contributed by atoms with van der Waals surface area (Å²) in [5.74, 6) is 0.0450. The van der Waals surface area contributed by atoms with Gasteiger partial charge in [0.25, 0.3) is 0 Å². The van der Waals surface area contributed by atoms with Gasteiger partial charge in [0.15, 0.2) is 0 Å². The number of aromatic nitrogens is 1. The van der Waals surface area contributed by atoms with E-state index in [2.05, 4.69) is 28.4 Å². The summed E-state index contributed by atoms with van der Waals surface area (Å²) >= 11 is 1.76. The van der Waals surface area contributed by atoms with Crippen LogP contribution in [0.4, 0.5) is 5.69 Å². The molecule has 0 aliphatic carbocycles. The Labute approximate surface area is 157 Å². The van der Waals surface area contributed by atoms with E-state index in [0.717, 1.165) is 41.2 Å². The Morgan fingerprint density at radius 2 is 2.12 bits per heavy atom. The maximum atomic E-state index is 12.6. The first kappa shape index (κ1) is 17.2. The Kier molecular flexibility index (Phi) is 5.00. The van der Waals surface area contributed by atoms with Gasteiger partial charge in [-0.3, -0.25) is 9.69 Å². The normalized spacial score (nSPS) is 18.1. The van der Waals surface area contributed by atoms with Crippen LogP contribution in [0.1, 0.15) is 35.9 Å².